The predicted octanol–water partition coefficient (Wildman–Crippen LogP) is 10.5. The van der Waals surface area contributed by atoms with Crippen LogP contribution in [0, 0.1) is 0 Å². The highest BCUT2D eigenvalue weighted by Gasteiger charge is 2.22. The molecule has 9 rings (SSSR count). The lowest BCUT2D eigenvalue weighted by atomic mass is 9.90. The first kappa shape index (κ1) is 10.7. The first-order valence-electron chi connectivity index (χ1n) is 21.2. The highest BCUT2D eigenvalue weighted by atomic mass is 16.5. The summed E-state index contributed by atoms with van der Waals surface area (Å²) in [5.74, 6) is 0.108. The molecule has 0 saturated heterocycles. The van der Waals surface area contributed by atoms with Gasteiger partial charge >= 0.3 is 0 Å². The van der Waals surface area contributed by atoms with E-state index in [9.17, 15) is 5.48 Å². The van der Waals surface area contributed by atoms with Gasteiger partial charge < -0.3 is 9.30 Å². The smallest absolute Gasteiger partial charge is 0.135 e. The summed E-state index contributed by atoms with van der Waals surface area (Å²) in [6.07, 6.45) is 0. The van der Waals surface area contributed by atoms with Crippen molar-refractivity contribution >= 4 is 43.4 Å². The van der Waals surface area contributed by atoms with Gasteiger partial charge in [0.1, 0.15) is 11.5 Å². The molecule has 1 aliphatic rings. The Hall–Kier alpha value is -5.34. The van der Waals surface area contributed by atoms with E-state index < -0.39 is 114 Å². The van der Waals surface area contributed by atoms with E-state index in [1.165, 1.54) is 12.1 Å². The van der Waals surface area contributed by atoms with E-state index in [1.807, 2.05) is 0 Å². The molecule has 0 atom stereocenters. The Morgan fingerprint density at radius 3 is 2.33 bits per heavy atom. The number of nitrogens with zero attached hydrogens (tertiary/aromatic N) is 1. The lowest BCUT2D eigenvalue weighted by molar-refractivity contribution is 0.487. The molecule has 0 saturated carbocycles. The second-order valence-corrected chi connectivity index (χ2v) is 9.15. The molecule has 0 spiro atoms. The summed E-state index contributed by atoms with van der Waals surface area (Å²) in [5, 5.41) is -0.676. The molecule has 0 bridgehead atoms. The molecular weight excluding hydrogens is 486 g/mol. The molecule has 2 nitrogen and oxygen atoms in total. The van der Waals surface area contributed by atoms with Crippen LogP contribution < -0.4 is 4.74 Å². The van der Waals surface area contributed by atoms with E-state index >= 15 is 0 Å². The predicted molar refractivity (Wildman–Crippen MR) is 167 cm³/mol. The van der Waals surface area contributed by atoms with Crippen molar-refractivity contribution in [1.29, 1.82) is 0 Å². The summed E-state index contributed by atoms with van der Waals surface area (Å²) in [6, 6.07) is -3.49. The van der Waals surface area contributed by atoms with Crippen LogP contribution in [0.4, 0.5) is 0 Å². The minimum absolute atomic E-state index is 0.0852. The van der Waals surface area contributed by atoms with Crippen molar-refractivity contribution in [3.63, 3.8) is 0 Å². The molecular formula is C38H23NO. The van der Waals surface area contributed by atoms with Crippen LogP contribution in [0.2, 0.25) is 0 Å². The molecule has 40 heavy (non-hydrogen) atoms. The molecule has 1 aliphatic heterocycles. The van der Waals surface area contributed by atoms with Gasteiger partial charge in [-0.1, -0.05) is 109 Å². The van der Waals surface area contributed by atoms with E-state index in [-0.39, 0.29) is 61.4 Å². The number of hydrogen-bond acceptors (Lipinski definition) is 1. The molecule has 0 amide bonds. The average molecular weight is 528 g/mol. The van der Waals surface area contributed by atoms with Crippen molar-refractivity contribution in [2.75, 3.05) is 0 Å². The largest absolute Gasteiger partial charge is 0.456 e. The fourth-order valence-corrected chi connectivity index (χ4v) is 5.43. The van der Waals surface area contributed by atoms with Gasteiger partial charge in [-0.3, -0.25) is 0 Å². The van der Waals surface area contributed by atoms with Crippen LogP contribution in [0.5, 0.6) is 11.5 Å². The third-order valence-electron chi connectivity index (χ3n) is 7.08. The Morgan fingerprint density at radius 2 is 1.38 bits per heavy atom. The Kier molecular flexibility index (Phi) is 2.16. The van der Waals surface area contributed by atoms with E-state index in [4.69, 9.17) is 23.9 Å². The third kappa shape index (κ3) is 2.93. The molecule has 0 N–H and O–H groups in total. The molecule has 8 aromatic rings. The Morgan fingerprint density at radius 1 is 0.550 bits per heavy atom. The second kappa shape index (κ2) is 8.08. The van der Waals surface area contributed by atoms with Crippen LogP contribution in [0.15, 0.2) is 139 Å². The van der Waals surface area contributed by atoms with E-state index in [0.29, 0.717) is 16.3 Å². The van der Waals surface area contributed by atoms with Gasteiger partial charge in [-0.15, -0.1) is 0 Å². The second-order valence-electron chi connectivity index (χ2n) is 9.15. The fourth-order valence-electron chi connectivity index (χ4n) is 5.43. The van der Waals surface area contributed by atoms with Gasteiger partial charge in [0.05, 0.1) is 35.7 Å². The summed E-state index contributed by atoms with van der Waals surface area (Å²) in [6.45, 7) is 0. The number of para-hydroxylation sites is 2. The van der Waals surface area contributed by atoms with Crippen LogP contribution in [-0.4, -0.2) is 4.57 Å². The highest BCUT2D eigenvalue weighted by molar-refractivity contribution is 6.19. The molecule has 186 valence electrons. The molecule has 2 heteroatoms. The summed E-state index contributed by atoms with van der Waals surface area (Å²) < 4.78 is 165. The van der Waals surface area contributed by atoms with Crippen LogP contribution in [0.1, 0.15) is 24.7 Å². The van der Waals surface area contributed by atoms with Gasteiger partial charge in [-0.05, 0) is 57.7 Å². The molecule has 0 unspecified atom stereocenters. The zero-order valence-electron chi connectivity index (χ0n) is 38.2. The van der Waals surface area contributed by atoms with Gasteiger partial charge in [-0.25, -0.2) is 0 Å². The van der Waals surface area contributed by atoms with Crippen molar-refractivity contribution in [3.05, 3.63) is 139 Å². The number of rotatable bonds is 2. The SMILES string of the molecule is [2H]c1c([2H])c([2H])c(-n2c3c([2H])c(-c4ccc5c6c(cccc46)-c4c([2H])c([2H])c([2H])c([2H])c4O5)c([2H])c([2H])c3c3c([2H])c([2H])c4c([2H])c([2H])c([2H])c([2H])c4c32)c([2H])c1[2H]. The minimum Gasteiger partial charge on any atom is -0.456 e. The van der Waals surface area contributed by atoms with Crippen LogP contribution in [0.3, 0.4) is 0 Å². The normalized spacial score (nSPS) is 18.5. The topological polar surface area (TPSA) is 14.2 Å². The van der Waals surface area contributed by atoms with Crippen LogP contribution >= 0.6 is 0 Å². The Labute approximate surface area is 256 Å². The molecule has 0 fully saturated rings. The first-order chi connectivity index (χ1) is 27.3. The summed E-state index contributed by atoms with van der Waals surface area (Å²) in [7, 11) is 0. The standard InChI is InChI=1S/C38H23NO/c1-2-10-26(11-3-1)39-34-23-25(18-19-29(34)33-20-17-24-9-4-5-12-28(24)38(33)39)27-21-22-36-37-31(27)14-8-15-32(37)30-13-6-7-16-35(30)40-36/h1-23H/i1D,2D,3D,4D,5D,6D,7D,9D,10D,11D,12D,13D,16D,17D,18D,19D,20D,23D. The zero-order chi connectivity index (χ0) is 41.9. The maximum atomic E-state index is 9.84. The van der Waals surface area contributed by atoms with Gasteiger partial charge in [0.25, 0.3) is 0 Å². The van der Waals surface area contributed by atoms with Gasteiger partial charge in [0.15, 0.2) is 0 Å². The Bertz CT molecular complexity index is 3270. The van der Waals surface area contributed by atoms with Gasteiger partial charge in [-0.2, -0.15) is 0 Å². The molecule has 0 aliphatic carbocycles. The van der Waals surface area contributed by atoms with E-state index in [2.05, 4.69) is 0 Å². The molecule has 1 aromatic heterocycles. The number of ether oxygens (including phenoxy) is 1. The van der Waals surface area contributed by atoms with Crippen molar-refractivity contribution in [1.82, 2.24) is 4.57 Å². The van der Waals surface area contributed by atoms with Crippen molar-refractivity contribution in [3.8, 4) is 39.4 Å². The van der Waals surface area contributed by atoms with Gasteiger partial charge in [0.2, 0.25) is 0 Å². The van der Waals surface area contributed by atoms with Crippen LogP contribution in [0.25, 0.3) is 71.3 Å². The molecule has 7 aromatic carbocycles. The third-order valence-corrected chi connectivity index (χ3v) is 7.08. The summed E-state index contributed by atoms with van der Waals surface area (Å²) >= 11 is 0. The maximum absolute atomic E-state index is 9.84. The van der Waals surface area contributed by atoms with E-state index in [1.54, 1.807) is 18.2 Å². The quantitative estimate of drug-likeness (QED) is 0.218. The van der Waals surface area contributed by atoms with Crippen molar-refractivity contribution in [2.24, 2.45) is 0 Å². The summed E-state index contributed by atoms with van der Waals surface area (Å²) in [5.41, 5.74) is -0.798. The van der Waals surface area contributed by atoms with Crippen molar-refractivity contribution < 1.29 is 29.4 Å². The molecule has 2 heterocycles. The number of hydrogen-bond donors (Lipinski definition) is 0. The molecule has 0 radical (unpaired) electrons. The maximum Gasteiger partial charge on any atom is 0.135 e. The lowest BCUT2D eigenvalue weighted by Gasteiger charge is -2.22. The number of benzene rings is 7. The highest BCUT2D eigenvalue weighted by Crippen LogP contribution is 2.49. The number of aromatic nitrogens is 1. The van der Waals surface area contributed by atoms with Gasteiger partial charge in [0, 0.05) is 32.8 Å². The average Bonchev–Trinajstić information content (AvgIpc) is 3.56. The Balaban J connectivity index is 1.53. The number of fused-ring (bicyclic) bond motifs is 7. The monoisotopic (exact) mass is 527 g/mol. The fraction of sp³-hybridized carbons (Fsp3) is 0. The zero-order valence-corrected chi connectivity index (χ0v) is 20.2. The van der Waals surface area contributed by atoms with E-state index in [0.717, 1.165) is 4.57 Å². The van der Waals surface area contributed by atoms with Crippen molar-refractivity contribution in [2.45, 2.75) is 0 Å². The van der Waals surface area contributed by atoms with Crippen LogP contribution in [-0.2, 0) is 0 Å². The minimum atomic E-state index is -0.780. The first-order valence-corrected chi connectivity index (χ1v) is 12.2. The lowest BCUT2D eigenvalue weighted by Crippen LogP contribution is -1.97. The summed E-state index contributed by atoms with van der Waals surface area (Å²) in [4.78, 5) is 0.